The molecule has 3 heterocycles. The van der Waals surface area contributed by atoms with E-state index < -0.39 is 0 Å². The molecule has 0 saturated carbocycles. The molecule has 0 aromatic carbocycles. The molecule has 110 valence electrons. The number of rotatable bonds is 4. The smallest absolute Gasteiger partial charge is 0.289 e. The number of hydrogen-bond donors (Lipinski definition) is 1. The lowest BCUT2D eigenvalue weighted by molar-refractivity contribution is 0.0908. The van der Waals surface area contributed by atoms with E-state index in [1.807, 2.05) is 12.3 Å². The van der Waals surface area contributed by atoms with Gasteiger partial charge in [-0.25, -0.2) is 0 Å². The predicted octanol–water partition coefficient (Wildman–Crippen LogP) is 1.72. The molecule has 0 unspecified atom stereocenters. The number of anilines is 1. The molecule has 0 radical (unpaired) electrons. The Morgan fingerprint density at radius 1 is 1.33 bits per heavy atom. The topological polar surface area (TPSA) is 71.3 Å². The Morgan fingerprint density at radius 2 is 2.19 bits per heavy atom. The molecule has 1 fully saturated rings. The van der Waals surface area contributed by atoms with Crippen molar-refractivity contribution in [3.05, 3.63) is 42.5 Å². The van der Waals surface area contributed by atoms with E-state index in [9.17, 15) is 4.79 Å². The van der Waals surface area contributed by atoms with Crippen LogP contribution in [0.25, 0.3) is 0 Å². The van der Waals surface area contributed by atoms with E-state index in [1.165, 1.54) is 11.9 Å². The molecule has 2 aromatic rings. The minimum atomic E-state index is -0.192. The van der Waals surface area contributed by atoms with Crippen LogP contribution in [0.5, 0.6) is 0 Å². The van der Waals surface area contributed by atoms with Crippen LogP contribution in [-0.4, -0.2) is 35.7 Å². The molecule has 1 saturated heterocycles. The number of carbonyl (C=O) groups excluding carboxylic acids is 1. The van der Waals surface area contributed by atoms with Crippen LogP contribution in [0.1, 0.15) is 23.4 Å². The molecule has 6 nitrogen and oxygen atoms in total. The molecule has 1 aliphatic heterocycles. The Labute approximate surface area is 123 Å². The van der Waals surface area contributed by atoms with Gasteiger partial charge in [0.2, 0.25) is 5.76 Å². The number of carbonyl (C=O) groups is 1. The van der Waals surface area contributed by atoms with Crippen molar-refractivity contribution < 1.29 is 9.32 Å². The Morgan fingerprint density at radius 3 is 2.86 bits per heavy atom. The molecular formula is C15H18N4O2. The molecule has 0 atom stereocenters. The van der Waals surface area contributed by atoms with Crippen molar-refractivity contribution in [3.63, 3.8) is 0 Å². The monoisotopic (exact) mass is 286 g/mol. The highest BCUT2D eigenvalue weighted by molar-refractivity contribution is 5.91. The van der Waals surface area contributed by atoms with Crippen LogP contribution < -0.4 is 10.2 Å². The van der Waals surface area contributed by atoms with E-state index in [0.29, 0.717) is 12.5 Å². The first-order chi connectivity index (χ1) is 10.3. The average Bonchev–Trinajstić information content (AvgIpc) is 3.08. The van der Waals surface area contributed by atoms with Gasteiger partial charge in [0.15, 0.2) is 0 Å². The van der Waals surface area contributed by atoms with Crippen LogP contribution in [-0.2, 0) is 0 Å². The van der Waals surface area contributed by atoms with E-state index in [0.717, 1.165) is 25.9 Å². The van der Waals surface area contributed by atoms with Gasteiger partial charge in [-0.3, -0.25) is 9.78 Å². The number of aromatic nitrogens is 2. The number of hydrogen-bond acceptors (Lipinski definition) is 5. The normalized spacial score (nSPS) is 15.9. The first-order valence-electron chi connectivity index (χ1n) is 7.17. The third-order valence-corrected chi connectivity index (χ3v) is 3.84. The van der Waals surface area contributed by atoms with Crippen LogP contribution >= 0.6 is 0 Å². The molecule has 0 spiro atoms. The summed E-state index contributed by atoms with van der Waals surface area (Å²) in [6, 6.07) is 5.61. The lowest BCUT2D eigenvalue weighted by Gasteiger charge is -2.33. The summed E-state index contributed by atoms with van der Waals surface area (Å²) in [7, 11) is 0. The standard InChI is InChI=1S/C15H18N4O2/c20-15(14-3-7-18-21-14)17-10-12-4-8-19(9-5-12)13-2-1-6-16-11-13/h1-3,6-7,11-12H,4-5,8-10H2,(H,17,20). The SMILES string of the molecule is O=C(NCC1CCN(c2cccnc2)CC1)c1ccno1. The Bertz CT molecular complexity index is 563. The van der Waals surface area contributed by atoms with Crippen LogP contribution in [0.15, 0.2) is 41.3 Å². The fourth-order valence-electron chi connectivity index (χ4n) is 2.59. The summed E-state index contributed by atoms with van der Waals surface area (Å²) in [5, 5.41) is 6.44. The van der Waals surface area contributed by atoms with E-state index in [2.05, 4.69) is 26.4 Å². The molecule has 1 aliphatic rings. The van der Waals surface area contributed by atoms with Gasteiger partial charge in [0, 0.05) is 31.9 Å². The van der Waals surface area contributed by atoms with Crippen molar-refractivity contribution in [1.29, 1.82) is 0 Å². The molecule has 0 aliphatic carbocycles. The van der Waals surface area contributed by atoms with Crippen LogP contribution in [0.2, 0.25) is 0 Å². The van der Waals surface area contributed by atoms with Crippen molar-refractivity contribution in [2.75, 3.05) is 24.5 Å². The van der Waals surface area contributed by atoms with E-state index in [1.54, 1.807) is 12.3 Å². The third kappa shape index (κ3) is 3.39. The zero-order chi connectivity index (χ0) is 14.5. The maximum atomic E-state index is 11.8. The Hall–Kier alpha value is -2.37. The fraction of sp³-hybridized carbons (Fsp3) is 0.400. The van der Waals surface area contributed by atoms with Crippen LogP contribution in [0, 0.1) is 5.92 Å². The molecule has 2 aromatic heterocycles. The summed E-state index contributed by atoms with van der Waals surface area (Å²) in [5.41, 5.74) is 1.17. The second kappa shape index (κ2) is 6.39. The second-order valence-electron chi connectivity index (χ2n) is 5.23. The van der Waals surface area contributed by atoms with Gasteiger partial charge in [0.1, 0.15) is 0 Å². The van der Waals surface area contributed by atoms with Gasteiger partial charge in [0.25, 0.3) is 5.91 Å². The average molecular weight is 286 g/mol. The predicted molar refractivity (Wildman–Crippen MR) is 78.0 cm³/mol. The lowest BCUT2D eigenvalue weighted by Crippen LogP contribution is -2.38. The van der Waals surface area contributed by atoms with E-state index in [4.69, 9.17) is 4.52 Å². The van der Waals surface area contributed by atoms with E-state index >= 15 is 0 Å². The Kier molecular flexibility index (Phi) is 4.14. The summed E-state index contributed by atoms with van der Waals surface area (Å²) in [4.78, 5) is 18.3. The second-order valence-corrected chi connectivity index (χ2v) is 5.23. The van der Waals surface area contributed by atoms with Gasteiger partial charge in [0.05, 0.1) is 18.1 Å². The summed E-state index contributed by atoms with van der Waals surface area (Å²) in [6.45, 7) is 2.67. The third-order valence-electron chi connectivity index (χ3n) is 3.84. The van der Waals surface area contributed by atoms with E-state index in [-0.39, 0.29) is 11.7 Å². The zero-order valence-corrected chi connectivity index (χ0v) is 11.7. The van der Waals surface area contributed by atoms with Gasteiger partial charge in [-0.05, 0) is 30.9 Å². The molecule has 6 heteroatoms. The first-order valence-corrected chi connectivity index (χ1v) is 7.17. The van der Waals surface area contributed by atoms with Crippen molar-refractivity contribution in [1.82, 2.24) is 15.5 Å². The van der Waals surface area contributed by atoms with Gasteiger partial charge < -0.3 is 14.7 Å². The number of nitrogens with one attached hydrogen (secondary N) is 1. The highest BCUT2D eigenvalue weighted by atomic mass is 16.5. The number of pyridine rings is 1. The lowest BCUT2D eigenvalue weighted by atomic mass is 9.96. The highest BCUT2D eigenvalue weighted by Crippen LogP contribution is 2.21. The van der Waals surface area contributed by atoms with Crippen molar-refractivity contribution >= 4 is 11.6 Å². The highest BCUT2D eigenvalue weighted by Gasteiger charge is 2.20. The maximum absolute atomic E-state index is 11.8. The molecule has 1 amide bonds. The number of nitrogens with zero attached hydrogens (tertiary/aromatic N) is 3. The summed E-state index contributed by atoms with van der Waals surface area (Å²) >= 11 is 0. The minimum absolute atomic E-state index is 0.192. The van der Waals surface area contributed by atoms with Crippen LogP contribution in [0.4, 0.5) is 5.69 Å². The van der Waals surface area contributed by atoms with Gasteiger partial charge in [-0.1, -0.05) is 5.16 Å². The molecule has 21 heavy (non-hydrogen) atoms. The fourth-order valence-corrected chi connectivity index (χ4v) is 2.59. The summed E-state index contributed by atoms with van der Waals surface area (Å²) in [6.07, 6.45) is 7.28. The number of amides is 1. The van der Waals surface area contributed by atoms with Crippen molar-refractivity contribution in [2.45, 2.75) is 12.8 Å². The molecular weight excluding hydrogens is 268 g/mol. The van der Waals surface area contributed by atoms with Crippen molar-refractivity contribution in [3.8, 4) is 0 Å². The molecule has 3 rings (SSSR count). The maximum Gasteiger partial charge on any atom is 0.289 e. The largest absolute Gasteiger partial charge is 0.370 e. The minimum Gasteiger partial charge on any atom is -0.370 e. The van der Waals surface area contributed by atoms with Crippen LogP contribution in [0.3, 0.4) is 0 Å². The van der Waals surface area contributed by atoms with Gasteiger partial charge in [-0.2, -0.15) is 0 Å². The quantitative estimate of drug-likeness (QED) is 0.926. The molecule has 0 bridgehead atoms. The summed E-state index contributed by atoms with van der Waals surface area (Å²) in [5.74, 6) is 0.578. The summed E-state index contributed by atoms with van der Waals surface area (Å²) < 4.78 is 4.83. The van der Waals surface area contributed by atoms with Gasteiger partial charge >= 0.3 is 0 Å². The Balaban J connectivity index is 1.45. The zero-order valence-electron chi connectivity index (χ0n) is 11.7. The molecule has 1 N–H and O–H groups in total. The first kappa shape index (κ1) is 13.6. The number of piperidine rings is 1. The van der Waals surface area contributed by atoms with Gasteiger partial charge in [-0.15, -0.1) is 0 Å². The van der Waals surface area contributed by atoms with Crippen molar-refractivity contribution in [2.24, 2.45) is 5.92 Å².